The molecule has 0 aromatic heterocycles. The molecule has 2 rings (SSSR count). The molecule has 0 spiro atoms. The molecule has 0 radical (unpaired) electrons. The second kappa shape index (κ2) is 7.20. The van der Waals surface area contributed by atoms with Crippen LogP contribution in [-0.2, 0) is 11.2 Å². The molecule has 0 bridgehead atoms. The highest BCUT2D eigenvalue weighted by Crippen LogP contribution is 2.28. The van der Waals surface area contributed by atoms with E-state index in [0.29, 0.717) is 0 Å². The van der Waals surface area contributed by atoms with Gasteiger partial charge in [0.25, 0.3) is 0 Å². The normalized spacial score (nSPS) is 12.4. The lowest BCUT2D eigenvalue weighted by molar-refractivity contribution is 0.202. The highest BCUT2D eigenvalue weighted by atomic mass is 127. The second-order valence-corrected chi connectivity index (χ2v) is 5.94. The zero-order valence-corrected chi connectivity index (χ0v) is 13.9. The Labute approximate surface area is 133 Å². The average Bonchev–Trinajstić information content (AvgIpc) is 2.48. The van der Waals surface area contributed by atoms with E-state index in [9.17, 15) is 5.11 Å². The first-order valence-corrected chi connectivity index (χ1v) is 7.72. The molecule has 0 saturated carbocycles. The zero-order chi connectivity index (χ0) is 14.5. The number of hydrogen-bond donors (Lipinski definition) is 1. The van der Waals surface area contributed by atoms with Gasteiger partial charge in [-0.3, -0.25) is 0 Å². The SMILES string of the molecule is COCCc1ccc(C(O)c2cccc(C)c2I)cc1. The van der Waals surface area contributed by atoms with Crippen LogP contribution in [0.5, 0.6) is 0 Å². The minimum absolute atomic E-state index is 0.571. The molecular weight excluding hydrogens is 363 g/mol. The van der Waals surface area contributed by atoms with Crippen molar-refractivity contribution in [1.82, 2.24) is 0 Å². The Morgan fingerprint density at radius 1 is 1.15 bits per heavy atom. The van der Waals surface area contributed by atoms with Gasteiger partial charge in [0.2, 0.25) is 0 Å². The molecule has 3 heteroatoms. The molecule has 106 valence electrons. The van der Waals surface area contributed by atoms with Crippen molar-refractivity contribution in [3.05, 3.63) is 68.3 Å². The predicted molar refractivity (Wildman–Crippen MR) is 90.0 cm³/mol. The van der Waals surface area contributed by atoms with Gasteiger partial charge >= 0.3 is 0 Å². The van der Waals surface area contributed by atoms with Gasteiger partial charge in [0.1, 0.15) is 6.10 Å². The lowest BCUT2D eigenvalue weighted by Gasteiger charge is -2.15. The highest BCUT2D eigenvalue weighted by molar-refractivity contribution is 14.1. The summed E-state index contributed by atoms with van der Waals surface area (Å²) in [6.07, 6.45) is 0.327. The van der Waals surface area contributed by atoms with Gasteiger partial charge in [0, 0.05) is 10.7 Å². The molecule has 20 heavy (non-hydrogen) atoms. The number of ether oxygens (including phenoxy) is 1. The molecule has 0 fully saturated rings. The summed E-state index contributed by atoms with van der Waals surface area (Å²) in [4.78, 5) is 0. The summed E-state index contributed by atoms with van der Waals surface area (Å²) in [5, 5.41) is 10.5. The maximum atomic E-state index is 10.5. The number of aliphatic hydroxyl groups is 1. The van der Waals surface area contributed by atoms with Crippen molar-refractivity contribution in [3.8, 4) is 0 Å². The summed E-state index contributed by atoms with van der Waals surface area (Å²) in [5.74, 6) is 0. The van der Waals surface area contributed by atoms with Gasteiger partial charge in [-0.25, -0.2) is 0 Å². The maximum Gasteiger partial charge on any atom is 0.105 e. The van der Waals surface area contributed by atoms with Crippen LogP contribution in [0.25, 0.3) is 0 Å². The van der Waals surface area contributed by atoms with Gasteiger partial charge < -0.3 is 9.84 Å². The van der Waals surface area contributed by atoms with Crippen LogP contribution in [0.2, 0.25) is 0 Å². The van der Waals surface area contributed by atoms with Crippen molar-refractivity contribution in [2.45, 2.75) is 19.4 Å². The van der Waals surface area contributed by atoms with E-state index in [0.717, 1.165) is 27.7 Å². The first kappa shape index (κ1) is 15.5. The van der Waals surface area contributed by atoms with Gasteiger partial charge in [-0.15, -0.1) is 0 Å². The quantitative estimate of drug-likeness (QED) is 0.796. The minimum atomic E-state index is -0.571. The van der Waals surface area contributed by atoms with Crippen LogP contribution < -0.4 is 0 Å². The minimum Gasteiger partial charge on any atom is -0.384 e. The van der Waals surface area contributed by atoms with Gasteiger partial charge in [0.05, 0.1) is 6.61 Å². The summed E-state index contributed by atoms with van der Waals surface area (Å²) in [5.41, 5.74) is 4.31. The van der Waals surface area contributed by atoms with Crippen LogP contribution in [0.4, 0.5) is 0 Å². The Morgan fingerprint density at radius 3 is 2.50 bits per heavy atom. The standard InChI is InChI=1S/C17H19IO2/c1-12-4-3-5-15(16(12)18)17(19)14-8-6-13(7-9-14)10-11-20-2/h3-9,17,19H,10-11H2,1-2H3. The van der Waals surface area contributed by atoms with Gasteiger partial charge in [-0.1, -0.05) is 42.5 Å². The molecule has 1 unspecified atom stereocenters. The summed E-state index contributed by atoms with van der Waals surface area (Å²) >= 11 is 2.30. The monoisotopic (exact) mass is 382 g/mol. The average molecular weight is 382 g/mol. The van der Waals surface area contributed by atoms with E-state index in [1.165, 1.54) is 11.1 Å². The van der Waals surface area contributed by atoms with Crippen LogP contribution in [-0.4, -0.2) is 18.8 Å². The van der Waals surface area contributed by atoms with E-state index in [-0.39, 0.29) is 0 Å². The Morgan fingerprint density at radius 2 is 1.85 bits per heavy atom. The van der Waals surface area contributed by atoms with Crippen molar-refractivity contribution < 1.29 is 9.84 Å². The molecule has 0 aliphatic carbocycles. The summed E-state index contributed by atoms with van der Waals surface area (Å²) < 4.78 is 6.20. The molecule has 0 aliphatic rings. The third-order valence-corrected chi connectivity index (χ3v) is 4.88. The van der Waals surface area contributed by atoms with Crippen LogP contribution in [0.15, 0.2) is 42.5 Å². The highest BCUT2D eigenvalue weighted by Gasteiger charge is 2.14. The second-order valence-electron chi connectivity index (χ2n) is 4.87. The van der Waals surface area contributed by atoms with Crippen LogP contribution >= 0.6 is 22.6 Å². The Kier molecular flexibility index (Phi) is 5.57. The lowest BCUT2D eigenvalue weighted by Crippen LogP contribution is -2.03. The first-order valence-electron chi connectivity index (χ1n) is 6.64. The largest absolute Gasteiger partial charge is 0.384 e. The number of methoxy groups -OCH3 is 1. The number of benzene rings is 2. The fourth-order valence-electron chi connectivity index (χ4n) is 2.15. The number of rotatable bonds is 5. The molecule has 2 aromatic rings. The molecule has 0 aliphatic heterocycles. The fraction of sp³-hybridized carbons (Fsp3) is 0.294. The smallest absolute Gasteiger partial charge is 0.105 e. The fourth-order valence-corrected chi connectivity index (χ4v) is 2.80. The van der Waals surface area contributed by atoms with E-state index in [4.69, 9.17) is 4.74 Å². The molecule has 2 nitrogen and oxygen atoms in total. The maximum absolute atomic E-state index is 10.5. The van der Waals surface area contributed by atoms with Crippen molar-refractivity contribution in [2.75, 3.05) is 13.7 Å². The third kappa shape index (κ3) is 3.59. The van der Waals surface area contributed by atoms with Crippen molar-refractivity contribution >= 4 is 22.6 Å². The van der Waals surface area contributed by atoms with E-state index >= 15 is 0 Å². The van der Waals surface area contributed by atoms with Crippen molar-refractivity contribution in [1.29, 1.82) is 0 Å². The van der Waals surface area contributed by atoms with E-state index in [1.807, 2.05) is 24.3 Å². The van der Waals surface area contributed by atoms with Gasteiger partial charge in [0.15, 0.2) is 0 Å². The van der Waals surface area contributed by atoms with E-state index < -0.39 is 6.10 Å². The van der Waals surface area contributed by atoms with Crippen LogP contribution in [0.3, 0.4) is 0 Å². The van der Waals surface area contributed by atoms with Gasteiger partial charge in [-0.05, 0) is 58.2 Å². The molecule has 0 amide bonds. The lowest BCUT2D eigenvalue weighted by atomic mass is 9.98. The molecule has 0 heterocycles. The van der Waals surface area contributed by atoms with Gasteiger partial charge in [-0.2, -0.15) is 0 Å². The number of halogens is 1. The Bertz CT molecular complexity index is 564. The molecule has 1 atom stereocenters. The topological polar surface area (TPSA) is 29.5 Å². The number of aryl methyl sites for hydroxylation is 1. The molecule has 0 saturated heterocycles. The van der Waals surface area contributed by atoms with E-state index in [2.05, 4.69) is 47.7 Å². The van der Waals surface area contributed by atoms with Crippen molar-refractivity contribution in [2.24, 2.45) is 0 Å². The number of hydrogen-bond acceptors (Lipinski definition) is 2. The molecule has 2 aromatic carbocycles. The molecular formula is C17H19IO2. The zero-order valence-electron chi connectivity index (χ0n) is 11.8. The van der Waals surface area contributed by atoms with Crippen LogP contribution in [0.1, 0.15) is 28.4 Å². The van der Waals surface area contributed by atoms with Crippen LogP contribution in [0, 0.1) is 10.5 Å². The third-order valence-electron chi connectivity index (χ3n) is 3.41. The van der Waals surface area contributed by atoms with Crippen molar-refractivity contribution in [3.63, 3.8) is 0 Å². The Hall–Kier alpha value is -0.910. The summed E-state index contributed by atoms with van der Waals surface area (Å²) in [6, 6.07) is 14.1. The summed E-state index contributed by atoms with van der Waals surface area (Å²) in [6.45, 7) is 2.78. The number of aliphatic hydroxyl groups excluding tert-OH is 1. The first-order chi connectivity index (χ1) is 9.63. The molecule has 1 N–H and O–H groups in total. The Balaban J connectivity index is 2.20. The summed E-state index contributed by atoms with van der Waals surface area (Å²) in [7, 11) is 1.71. The predicted octanol–water partition coefficient (Wildman–Crippen LogP) is 3.87. The van der Waals surface area contributed by atoms with E-state index in [1.54, 1.807) is 7.11 Å².